The number of aliphatic hydroxyl groups excluding tert-OH is 1. The summed E-state index contributed by atoms with van der Waals surface area (Å²) in [4.78, 5) is 12.1. The lowest BCUT2D eigenvalue weighted by molar-refractivity contribution is 0.0935. The molecule has 0 atom stereocenters. The Kier molecular flexibility index (Phi) is 3.51. The van der Waals surface area contributed by atoms with E-state index >= 15 is 0 Å². The van der Waals surface area contributed by atoms with Crippen molar-refractivity contribution in [2.45, 2.75) is 19.8 Å². The molecule has 2 N–H and O–H groups in total. The molecule has 2 aromatic rings. The molecule has 5 nitrogen and oxygen atoms in total. The molecular weight excluding hydrogens is 266 g/mol. The number of nitrogens with one attached hydrogen (secondary N) is 1. The maximum Gasteiger partial charge on any atom is 0.254 e. The molecule has 1 aliphatic carbocycles. The first-order valence-electron chi connectivity index (χ1n) is 7.13. The first kappa shape index (κ1) is 13.8. The molecule has 1 saturated carbocycles. The van der Waals surface area contributed by atoms with E-state index in [1.165, 1.54) is 0 Å². The van der Waals surface area contributed by atoms with Crippen LogP contribution in [0.2, 0.25) is 0 Å². The van der Waals surface area contributed by atoms with E-state index in [-0.39, 0.29) is 17.9 Å². The molecule has 1 amide bonds. The van der Waals surface area contributed by atoms with Crippen LogP contribution >= 0.6 is 0 Å². The number of amides is 1. The van der Waals surface area contributed by atoms with E-state index in [0.29, 0.717) is 12.1 Å². The van der Waals surface area contributed by atoms with E-state index in [9.17, 15) is 9.90 Å². The van der Waals surface area contributed by atoms with Crippen molar-refractivity contribution in [3.63, 3.8) is 0 Å². The van der Waals surface area contributed by atoms with Crippen LogP contribution in [0, 0.1) is 12.3 Å². The molecular formula is C16H19N3O2. The first-order valence-corrected chi connectivity index (χ1v) is 7.13. The predicted octanol–water partition coefficient (Wildman–Crippen LogP) is 1.68. The normalized spacial score (nSPS) is 15.7. The summed E-state index contributed by atoms with van der Waals surface area (Å²) in [5, 5.41) is 16.4. The van der Waals surface area contributed by atoms with E-state index in [4.69, 9.17) is 0 Å². The third kappa shape index (κ3) is 2.83. The van der Waals surface area contributed by atoms with Crippen molar-refractivity contribution < 1.29 is 9.90 Å². The summed E-state index contributed by atoms with van der Waals surface area (Å²) >= 11 is 0. The van der Waals surface area contributed by atoms with Crippen LogP contribution in [0.5, 0.6) is 0 Å². The molecule has 1 fully saturated rings. The molecule has 0 bridgehead atoms. The molecule has 1 aromatic heterocycles. The minimum atomic E-state index is -0.144. The number of aryl methyl sites for hydroxylation is 1. The molecule has 0 aliphatic heterocycles. The van der Waals surface area contributed by atoms with Crippen LogP contribution in [-0.4, -0.2) is 33.9 Å². The van der Waals surface area contributed by atoms with E-state index in [1.807, 2.05) is 31.2 Å². The second kappa shape index (κ2) is 5.33. The average molecular weight is 285 g/mol. The van der Waals surface area contributed by atoms with Crippen LogP contribution in [0.1, 0.15) is 28.8 Å². The van der Waals surface area contributed by atoms with Crippen molar-refractivity contribution in [3.8, 4) is 5.69 Å². The van der Waals surface area contributed by atoms with Crippen LogP contribution in [0.3, 0.4) is 0 Å². The Bertz CT molecular complexity index is 659. The Morgan fingerprint density at radius 3 is 2.86 bits per heavy atom. The van der Waals surface area contributed by atoms with Gasteiger partial charge < -0.3 is 10.4 Å². The minimum absolute atomic E-state index is 0.0817. The molecule has 0 unspecified atom stereocenters. The van der Waals surface area contributed by atoms with E-state index < -0.39 is 0 Å². The fraction of sp³-hybridized carbons (Fsp3) is 0.375. The van der Waals surface area contributed by atoms with Gasteiger partial charge in [0.1, 0.15) is 0 Å². The number of hydrogen-bond acceptors (Lipinski definition) is 3. The van der Waals surface area contributed by atoms with Gasteiger partial charge in [-0.25, -0.2) is 4.68 Å². The SMILES string of the molecule is Cc1ccccc1-n1cc(C(=O)NCC2(CO)CC2)cn1. The lowest BCUT2D eigenvalue weighted by atomic mass is 10.1. The minimum Gasteiger partial charge on any atom is -0.396 e. The second-order valence-electron chi connectivity index (χ2n) is 5.80. The molecule has 3 rings (SSSR count). The molecule has 110 valence electrons. The van der Waals surface area contributed by atoms with Crippen molar-refractivity contribution in [1.82, 2.24) is 15.1 Å². The number of aromatic nitrogens is 2. The zero-order valence-electron chi connectivity index (χ0n) is 12.0. The van der Waals surface area contributed by atoms with Gasteiger partial charge in [-0.1, -0.05) is 18.2 Å². The monoisotopic (exact) mass is 285 g/mol. The Morgan fingerprint density at radius 2 is 2.19 bits per heavy atom. The van der Waals surface area contributed by atoms with Gasteiger partial charge in [0.15, 0.2) is 0 Å². The fourth-order valence-corrected chi connectivity index (χ4v) is 2.33. The summed E-state index contributed by atoms with van der Waals surface area (Å²) in [7, 11) is 0. The molecule has 0 spiro atoms. The third-order valence-electron chi connectivity index (χ3n) is 4.12. The Labute approximate surface area is 123 Å². The topological polar surface area (TPSA) is 67.2 Å². The summed E-state index contributed by atoms with van der Waals surface area (Å²) in [6.45, 7) is 2.67. The number of carbonyl (C=O) groups excluding carboxylic acids is 1. The maximum atomic E-state index is 12.1. The zero-order chi connectivity index (χ0) is 14.9. The maximum absolute atomic E-state index is 12.1. The Hall–Kier alpha value is -2.14. The van der Waals surface area contributed by atoms with Gasteiger partial charge in [-0.05, 0) is 31.4 Å². The third-order valence-corrected chi connectivity index (χ3v) is 4.12. The van der Waals surface area contributed by atoms with Crippen molar-refractivity contribution in [3.05, 3.63) is 47.8 Å². The average Bonchev–Trinajstić information content (AvgIpc) is 3.12. The fourth-order valence-electron chi connectivity index (χ4n) is 2.33. The van der Waals surface area contributed by atoms with Gasteiger partial charge >= 0.3 is 0 Å². The van der Waals surface area contributed by atoms with Gasteiger partial charge in [-0.3, -0.25) is 4.79 Å². The van der Waals surface area contributed by atoms with Crippen molar-refractivity contribution in [2.75, 3.05) is 13.2 Å². The predicted molar refractivity (Wildman–Crippen MR) is 79.4 cm³/mol. The van der Waals surface area contributed by atoms with Crippen molar-refractivity contribution >= 4 is 5.91 Å². The number of benzene rings is 1. The molecule has 21 heavy (non-hydrogen) atoms. The van der Waals surface area contributed by atoms with Gasteiger partial charge in [-0.15, -0.1) is 0 Å². The number of rotatable bonds is 5. The van der Waals surface area contributed by atoms with Crippen molar-refractivity contribution in [2.24, 2.45) is 5.41 Å². The summed E-state index contributed by atoms with van der Waals surface area (Å²) in [6, 6.07) is 7.89. The van der Waals surface area contributed by atoms with Crippen LogP contribution in [0.15, 0.2) is 36.7 Å². The standard InChI is InChI=1S/C16H19N3O2/c1-12-4-2-3-5-14(12)19-9-13(8-18-19)15(21)17-10-16(11-20)6-7-16/h2-5,8-9,20H,6-7,10-11H2,1H3,(H,17,21). The molecule has 5 heteroatoms. The number of aliphatic hydroxyl groups is 1. The molecule has 1 aliphatic rings. The van der Waals surface area contributed by atoms with Gasteiger partial charge in [0.2, 0.25) is 0 Å². The highest BCUT2D eigenvalue weighted by molar-refractivity contribution is 5.93. The number of hydrogen-bond donors (Lipinski definition) is 2. The van der Waals surface area contributed by atoms with Crippen LogP contribution in [0.25, 0.3) is 5.69 Å². The van der Waals surface area contributed by atoms with E-state index in [2.05, 4.69) is 10.4 Å². The van der Waals surface area contributed by atoms with Crippen LogP contribution in [0.4, 0.5) is 0 Å². The highest BCUT2D eigenvalue weighted by Crippen LogP contribution is 2.44. The van der Waals surface area contributed by atoms with Crippen LogP contribution in [-0.2, 0) is 0 Å². The first-order chi connectivity index (χ1) is 10.1. The van der Waals surface area contributed by atoms with Gasteiger partial charge in [-0.2, -0.15) is 5.10 Å². The molecule has 1 aromatic carbocycles. The largest absolute Gasteiger partial charge is 0.396 e. The number of carbonyl (C=O) groups is 1. The summed E-state index contributed by atoms with van der Waals surface area (Å²) < 4.78 is 1.71. The Morgan fingerprint density at radius 1 is 1.43 bits per heavy atom. The molecule has 0 radical (unpaired) electrons. The number of nitrogens with zero attached hydrogens (tertiary/aromatic N) is 2. The Balaban J connectivity index is 1.70. The molecule has 0 saturated heterocycles. The van der Waals surface area contributed by atoms with E-state index in [0.717, 1.165) is 24.1 Å². The van der Waals surface area contributed by atoms with Gasteiger partial charge in [0.05, 0.1) is 24.1 Å². The quantitative estimate of drug-likeness (QED) is 0.878. The highest BCUT2D eigenvalue weighted by Gasteiger charge is 2.42. The van der Waals surface area contributed by atoms with Crippen molar-refractivity contribution in [1.29, 1.82) is 0 Å². The van der Waals surface area contributed by atoms with E-state index in [1.54, 1.807) is 17.1 Å². The highest BCUT2D eigenvalue weighted by atomic mass is 16.3. The smallest absolute Gasteiger partial charge is 0.254 e. The molecule has 1 heterocycles. The van der Waals surface area contributed by atoms with Gasteiger partial charge in [0, 0.05) is 18.2 Å². The second-order valence-corrected chi connectivity index (χ2v) is 5.80. The number of para-hydroxylation sites is 1. The lowest BCUT2D eigenvalue weighted by Crippen LogP contribution is -2.31. The van der Waals surface area contributed by atoms with Gasteiger partial charge in [0.25, 0.3) is 5.91 Å². The zero-order valence-corrected chi connectivity index (χ0v) is 12.0. The summed E-state index contributed by atoms with van der Waals surface area (Å²) in [5.41, 5.74) is 2.52. The summed E-state index contributed by atoms with van der Waals surface area (Å²) in [6.07, 6.45) is 5.26. The summed E-state index contributed by atoms with van der Waals surface area (Å²) in [5.74, 6) is -0.144. The van der Waals surface area contributed by atoms with Crippen LogP contribution < -0.4 is 5.32 Å². The lowest BCUT2D eigenvalue weighted by Gasteiger charge is -2.11.